The largest absolute Gasteiger partial charge is 0.591 e. The standard InChI is InChI=1S/C22H22O2/c1-13(2)17-7-5-14(3)22-18(9-15(4)19(22)12-17)10-16-6-8-20(23)21(24)11-16/h5-13,24H,1-4H3/p+1. The molecule has 3 rings (SSSR count). The number of allylic oxidation sites excluding steroid dienone is 4. The minimum atomic E-state index is -0.236. The molecule has 0 heterocycles. The second-order valence-electron chi connectivity index (χ2n) is 6.79. The summed E-state index contributed by atoms with van der Waals surface area (Å²) in [5, 5.41) is 7.71. The number of carbonyl (C=O) groups is 1. The Kier molecular flexibility index (Phi) is 4.15. The van der Waals surface area contributed by atoms with Crippen LogP contribution in [0.3, 0.4) is 0 Å². The maximum atomic E-state index is 11.4. The van der Waals surface area contributed by atoms with Gasteiger partial charge in [0.15, 0.2) is 0 Å². The van der Waals surface area contributed by atoms with E-state index in [1.54, 1.807) is 12.2 Å². The van der Waals surface area contributed by atoms with Crippen molar-refractivity contribution in [2.75, 3.05) is 0 Å². The van der Waals surface area contributed by atoms with Crippen LogP contribution in [0.25, 0.3) is 17.2 Å². The molecule has 3 aliphatic rings. The highest BCUT2D eigenvalue weighted by molar-refractivity contribution is 6.04. The molecule has 0 aliphatic heterocycles. The summed E-state index contributed by atoms with van der Waals surface area (Å²) in [6.07, 6.45) is 6.95. The topological polar surface area (TPSA) is 40.0 Å². The number of fused-ring (bicyclic) bond motifs is 1. The summed E-state index contributed by atoms with van der Waals surface area (Å²) in [7, 11) is 0. The van der Waals surface area contributed by atoms with Gasteiger partial charge in [-0.3, -0.25) is 4.79 Å². The van der Waals surface area contributed by atoms with Crippen LogP contribution in [0.5, 0.6) is 0 Å². The zero-order valence-electron chi connectivity index (χ0n) is 14.6. The van der Waals surface area contributed by atoms with Crippen molar-refractivity contribution in [1.82, 2.24) is 0 Å². The van der Waals surface area contributed by atoms with Gasteiger partial charge in [-0.15, -0.1) is 0 Å². The molecule has 0 bridgehead atoms. The maximum absolute atomic E-state index is 11.4. The van der Waals surface area contributed by atoms with E-state index < -0.39 is 0 Å². The van der Waals surface area contributed by atoms with Gasteiger partial charge in [-0.25, -0.2) is 0 Å². The van der Waals surface area contributed by atoms with E-state index in [9.17, 15) is 4.79 Å². The van der Waals surface area contributed by atoms with Crippen LogP contribution in [0.2, 0.25) is 0 Å². The molecular formula is C22H23O2+. The van der Waals surface area contributed by atoms with Gasteiger partial charge in [0.2, 0.25) is 0 Å². The van der Waals surface area contributed by atoms with Crippen LogP contribution in [0.4, 0.5) is 0 Å². The molecule has 0 saturated carbocycles. The molecule has 2 nitrogen and oxygen atoms in total. The molecule has 122 valence electrons. The fourth-order valence-corrected chi connectivity index (χ4v) is 3.17. The Morgan fingerprint density at radius 1 is 1.04 bits per heavy atom. The van der Waals surface area contributed by atoms with Crippen LogP contribution < -0.4 is 0 Å². The van der Waals surface area contributed by atoms with Crippen LogP contribution >= 0.6 is 0 Å². The van der Waals surface area contributed by atoms with Crippen LogP contribution in [0, 0.1) is 13.8 Å². The predicted octanol–water partition coefficient (Wildman–Crippen LogP) is 4.66. The van der Waals surface area contributed by atoms with E-state index in [2.05, 4.69) is 58.0 Å². The molecule has 2 heteroatoms. The molecule has 0 aromatic rings. The molecule has 0 aromatic carbocycles. The third kappa shape index (κ3) is 2.92. The van der Waals surface area contributed by atoms with E-state index in [0.717, 1.165) is 11.1 Å². The second kappa shape index (κ2) is 6.12. The minimum absolute atomic E-state index is 0.0423. The first kappa shape index (κ1) is 16.3. The number of hydrogen-bond donors (Lipinski definition) is 0. The second-order valence-corrected chi connectivity index (χ2v) is 6.79. The zero-order valence-corrected chi connectivity index (χ0v) is 14.6. The number of carbonyl (C=O) groups excluding carboxylic acids is 1. The SMILES string of the molecule is Cc1cc(C=C2C=CC(=O)C([OH2+])=C2)c2c(C)ccc(C(C)C)cc1-2. The number of rotatable bonds is 2. The fourth-order valence-electron chi connectivity index (χ4n) is 3.17. The van der Waals surface area contributed by atoms with Crippen molar-refractivity contribution < 1.29 is 9.90 Å². The average Bonchev–Trinajstić information content (AvgIpc) is 2.70. The van der Waals surface area contributed by atoms with Crippen molar-refractivity contribution in [3.8, 4) is 11.1 Å². The molecule has 0 spiro atoms. The van der Waals surface area contributed by atoms with Crippen molar-refractivity contribution >= 4 is 11.9 Å². The molecule has 0 unspecified atom stereocenters. The predicted molar refractivity (Wildman–Crippen MR) is 100 cm³/mol. The van der Waals surface area contributed by atoms with Gasteiger partial charge in [0.05, 0.1) is 0 Å². The molecular weight excluding hydrogens is 296 g/mol. The van der Waals surface area contributed by atoms with Gasteiger partial charge in [-0.2, -0.15) is 0 Å². The first-order valence-electron chi connectivity index (χ1n) is 8.28. The highest BCUT2D eigenvalue weighted by Gasteiger charge is 2.17. The summed E-state index contributed by atoms with van der Waals surface area (Å²) >= 11 is 0. The van der Waals surface area contributed by atoms with E-state index in [0.29, 0.717) is 5.92 Å². The number of aryl methyl sites for hydroxylation is 2. The van der Waals surface area contributed by atoms with Crippen molar-refractivity contribution in [2.45, 2.75) is 33.6 Å². The Hall–Kier alpha value is -2.61. The van der Waals surface area contributed by atoms with E-state index in [1.807, 2.05) is 0 Å². The molecule has 2 N–H and O–H groups in total. The van der Waals surface area contributed by atoms with Gasteiger partial charge in [0, 0.05) is 6.08 Å². The highest BCUT2D eigenvalue weighted by Crippen LogP contribution is 2.37. The van der Waals surface area contributed by atoms with E-state index >= 15 is 0 Å². The lowest BCUT2D eigenvalue weighted by molar-refractivity contribution is -0.113. The quantitative estimate of drug-likeness (QED) is 0.742. The zero-order chi connectivity index (χ0) is 17.4. The third-order valence-corrected chi connectivity index (χ3v) is 4.58. The lowest BCUT2D eigenvalue weighted by Gasteiger charge is -2.05. The summed E-state index contributed by atoms with van der Waals surface area (Å²) < 4.78 is 0. The van der Waals surface area contributed by atoms with Gasteiger partial charge in [-0.05, 0) is 70.9 Å². The molecule has 0 aromatic heterocycles. The summed E-state index contributed by atoms with van der Waals surface area (Å²) in [6, 6.07) is 8.87. The highest BCUT2D eigenvalue weighted by atomic mass is 16.3. The fraction of sp³-hybridized carbons (Fsp3) is 0.227. The van der Waals surface area contributed by atoms with E-state index in [4.69, 9.17) is 5.11 Å². The van der Waals surface area contributed by atoms with Crippen molar-refractivity contribution in [3.63, 3.8) is 0 Å². The van der Waals surface area contributed by atoms with Crippen molar-refractivity contribution in [1.29, 1.82) is 0 Å². The number of ketones is 1. The lowest BCUT2D eigenvalue weighted by Crippen LogP contribution is -2.01. The van der Waals surface area contributed by atoms with Gasteiger partial charge >= 0.3 is 5.76 Å². The van der Waals surface area contributed by atoms with Crippen molar-refractivity contribution in [2.24, 2.45) is 0 Å². The Morgan fingerprint density at radius 2 is 1.79 bits per heavy atom. The normalized spacial score (nSPS) is 16.3. The van der Waals surface area contributed by atoms with Gasteiger partial charge in [-0.1, -0.05) is 44.2 Å². The van der Waals surface area contributed by atoms with Crippen LogP contribution in [-0.4, -0.2) is 10.9 Å². The summed E-state index contributed by atoms with van der Waals surface area (Å²) in [6.45, 7) is 8.70. The Balaban J connectivity index is 2.16. The number of hydrogen-bond acceptors (Lipinski definition) is 1. The summed E-state index contributed by atoms with van der Waals surface area (Å²) in [5.74, 6) is 0.290. The maximum Gasteiger partial charge on any atom is 0.302 e. The molecule has 0 radical (unpaired) electrons. The van der Waals surface area contributed by atoms with Crippen LogP contribution in [-0.2, 0) is 4.79 Å². The first-order valence-corrected chi connectivity index (χ1v) is 8.28. The van der Waals surface area contributed by atoms with Gasteiger partial charge in [0.25, 0.3) is 5.78 Å². The molecule has 3 aliphatic carbocycles. The summed E-state index contributed by atoms with van der Waals surface area (Å²) in [5.41, 5.74) is 8.38. The Bertz CT molecular complexity index is 879. The van der Waals surface area contributed by atoms with Gasteiger partial charge < -0.3 is 5.11 Å². The molecule has 24 heavy (non-hydrogen) atoms. The Morgan fingerprint density at radius 3 is 2.46 bits per heavy atom. The van der Waals surface area contributed by atoms with Gasteiger partial charge in [0.1, 0.15) is 0 Å². The Labute approximate surface area is 143 Å². The molecule has 0 fully saturated rings. The molecule has 0 saturated heterocycles. The van der Waals surface area contributed by atoms with E-state index in [-0.39, 0.29) is 11.5 Å². The third-order valence-electron chi connectivity index (χ3n) is 4.58. The molecule has 0 atom stereocenters. The monoisotopic (exact) mass is 319 g/mol. The smallest absolute Gasteiger partial charge is 0.302 e. The summed E-state index contributed by atoms with van der Waals surface area (Å²) in [4.78, 5) is 11.4. The van der Waals surface area contributed by atoms with Crippen LogP contribution in [0.15, 0.2) is 53.8 Å². The molecule has 0 amide bonds. The van der Waals surface area contributed by atoms with Crippen LogP contribution in [0.1, 0.15) is 42.0 Å². The van der Waals surface area contributed by atoms with Crippen molar-refractivity contribution in [3.05, 3.63) is 76.1 Å². The average molecular weight is 319 g/mol. The first-order chi connectivity index (χ1) is 11.4. The lowest BCUT2D eigenvalue weighted by atomic mass is 9.99. The van der Waals surface area contributed by atoms with E-state index in [1.165, 1.54) is 33.9 Å². The minimum Gasteiger partial charge on any atom is -0.591 e.